The Bertz CT molecular complexity index is 684. The number of hydrazine groups is 1. The molecule has 2 aromatic rings. The predicted octanol–water partition coefficient (Wildman–Crippen LogP) is 2.51. The van der Waals surface area contributed by atoms with E-state index in [0.29, 0.717) is 17.0 Å². The zero-order valence-corrected chi connectivity index (χ0v) is 11.9. The number of carbonyl (C=O) groups excluding carboxylic acids is 2. The Kier molecular flexibility index (Phi) is 3.69. The lowest BCUT2D eigenvalue weighted by Gasteiger charge is -2.35. The van der Waals surface area contributed by atoms with E-state index < -0.39 is 12.3 Å². The van der Waals surface area contributed by atoms with Crippen LogP contribution in [0.15, 0.2) is 47.1 Å². The molecule has 7 heteroatoms. The molecule has 1 aliphatic heterocycles. The van der Waals surface area contributed by atoms with Gasteiger partial charge >= 0.3 is 6.09 Å². The number of furan rings is 1. The minimum absolute atomic E-state index is 0.212. The number of hydrogen-bond acceptors (Lipinski definition) is 5. The molecule has 0 bridgehead atoms. The van der Waals surface area contributed by atoms with E-state index in [0.717, 1.165) is 0 Å². The van der Waals surface area contributed by atoms with E-state index >= 15 is 0 Å². The van der Waals surface area contributed by atoms with Crippen LogP contribution in [-0.2, 0) is 4.74 Å². The Morgan fingerprint density at radius 1 is 1.36 bits per heavy atom. The third-order valence-electron chi connectivity index (χ3n) is 3.23. The molecule has 1 atom stereocenters. The zero-order chi connectivity index (χ0) is 15.5. The zero-order valence-electron chi connectivity index (χ0n) is 11.9. The molecule has 2 N–H and O–H groups in total. The van der Waals surface area contributed by atoms with Gasteiger partial charge in [0, 0.05) is 5.69 Å². The molecule has 0 unspecified atom stereocenters. The molecule has 0 fully saturated rings. The van der Waals surface area contributed by atoms with E-state index in [2.05, 4.69) is 10.7 Å². The number of nitrogens with zero attached hydrogens (tertiary/aromatic N) is 1. The van der Waals surface area contributed by atoms with Crippen LogP contribution in [0.1, 0.15) is 29.2 Å². The number of para-hydroxylation sites is 1. The molecule has 7 nitrogen and oxygen atoms in total. The predicted molar refractivity (Wildman–Crippen MR) is 77.8 cm³/mol. The van der Waals surface area contributed by atoms with Gasteiger partial charge in [-0.15, -0.1) is 0 Å². The summed E-state index contributed by atoms with van der Waals surface area (Å²) < 4.78 is 10.2. The van der Waals surface area contributed by atoms with E-state index in [-0.39, 0.29) is 12.5 Å². The van der Waals surface area contributed by atoms with Gasteiger partial charge in [0.25, 0.3) is 5.91 Å². The molecule has 0 spiro atoms. The summed E-state index contributed by atoms with van der Waals surface area (Å²) in [6.07, 6.45) is 0.153. The van der Waals surface area contributed by atoms with Crippen molar-refractivity contribution in [3.8, 4) is 0 Å². The lowest BCUT2D eigenvalue weighted by Crippen LogP contribution is -2.52. The van der Waals surface area contributed by atoms with Crippen LogP contribution in [0.2, 0.25) is 0 Å². The van der Waals surface area contributed by atoms with Crippen LogP contribution < -0.4 is 10.7 Å². The smallest absolute Gasteiger partial charge is 0.426 e. The van der Waals surface area contributed by atoms with Gasteiger partial charge in [-0.25, -0.2) is 15.2 Å². The van der Waals surface area contributed by atoms with Crippen molar-refractivity contribution < 1.29 is 18.7 Å². The van der Waals surface area contributed by atoms with Gasteiger partial charge in [0.2, 0.25) is 0 Å². The van der Waals surface area contributed by atoms with Crippen LogP contribution in [-0.4, -0.2) is 23.6 Å². The lowest BCUT2D eigenvalue weighted by atomic mass is 10.1. The third-order valence-corrected chi connectivity index (χ3v) is 3.23. The lowest BCUT2D eigenvalue weighted by molar-refractivity contribution is 0.0479. The summed E-state index contributed by atoms with van der Waals surface area (Å²) in [5, 5.41) is 4.33. The van der Waals surface area contributed by atoms with Crippen LogP contribution in [0.5, 0.6) is 0 Å². The van der Waals surface area contributed by atoms with E-state index in [1.165, 1.54) is 11.3 Å². The normalized spacial score (nSPS) is 16.7. The Labute approximate surface area is 126 Å². The highest BCUT2D eigenvalue weighted by molar-refractivity contribution is 6.02. The van der Waals surface area contributed by atoms with Crippen molar-refractivity contribution in [1.29, 1.82) is 0 Å². The molecule has 22 heavy (non-hydrogen) atoms. The van der Waals surface area contributed by atoms with Crippen molar-refractivity contribution in [2.75, 3.05) is 11.9 Å². The highest BCUT2D eigenvalue weighted by atomic mass is 16.6. The fourth-order valence-corrected chi connectivity index (χ4v) is 2.28. The Morgan fingerprint density at radius 2 is 2.18 bits per heavy atom. The van der Waals surface area contributed by atoms with Crippen LogP contribution in [0.25, 0.3) is 0 Å². The van der Waals surface area contributed by atoms with Crippen LogP contribution in [0.3, 0.4) is 0 Å². The van der Waals surface area contributed by atoms with E-state index in [1.807, 2.05) is 6.07 Å². The van der Waals surface area contributed by atoms with Crippen molar-refractivity contribution in [1.82, 2.24) is 10.4 Å². The molecule has 1 aliphatic rings. The van der Waals surface area contributed by atoms with Gasteiger partial charge in [0.1, 0.15) is 5.76 Å². The van der Waals surface area contributed by atoms with Crippen molar-refractivity contribution in [3.63, 3.8) is 0 Å². The highest BCUT2D eigenvalue weighted by Crippen LogP contribution is 2.31. The van der Waals surface area contributed by atoms with Gasteiger partial charge in [-0.05, 0) is 31.2 Å². The summed E-state index contributed by atoms with van der Waals surface area (Å²) in [5.74, 6) is 0.156. The Morgan fingerprint density at radius 3 is 2.91 bits per heavy atom. The number of ether oxygens (including phenoxy) is 1. The number of rotatable bonds is 3. The van der Waals surface area contributed by atoms with Gasteiger partial charge in [0.15, 0.2) is 6.17 Å². The second-order valence-electron chi connectivity index (χ2n) is 4.62. The molecule has 2 amide bonds. The number of hydrogen-bond donors (Lipinski definition) is 2. The summed E-state index contributed by atoms with van der Waals surface area (Å²) in [5.41, 5.74) is 3.59. The highest BCUT2D eigenvalue weighted by Gasteiger charge is 2.35. The first-order valence-corrected chi connectivity index (χ1v) is 6.86. The van der Waals surface area contributed by atoms with Crippen molar-refractivity contribution in [2.45, 2.75) is 13.1 Å². The van der Waals surface area contributed by atoms with Crippen molar-refractivity contribution in [2.24, 2.45) is 0 Å². The summed E-state index contributed by atoms with van der Waals surface area (Å²) in [7, 11) is 0. The maximum absolute atomic E-state index is 12.6. The third kappa shape index (κ3) is 2.48. The number of fused-ring (bicyclic) bond motifs is 1. The summed E-state index contributed by atoms with van der Waals surface area (Å²) in [6.45, 7) is 1.90. The Hall–Kier alpha value is -2.96. The van der Waals surface area contributed by atoms with Crippen LogP contribution >= 0.6 is 0 Å². The van der Waals surface area contributed by atoms with E-state index in [1.54, 1.807) is 37.3 Å². The maximum Gasteiger partial charge on any atom is 0.426 e. The van der Waals surface area contributed by atoms with Crippen molar-refractivity contribution in [3.05, 3.63) is 54.0 Å². The summed E-state index contributed by atoms with van der Waals surface area (Å²) >= 11 is 0. The molecule has 0 saturated carbocycles. The Balaban J connectivity index is 1.95. The standard InChI is InChI=1S/C15H15N3O4/c1-2-21-15(20)17-18-13(12-8-5-9-22-12)16-11-7-4-3-6-10(11)14(18)19/h3-9,13,16H,2H2,1H3,(H,17,20)/t13-/m0/s1. The van der Waals surface area contributed by atoms with E-state index in [9.17, 15) is 9.59 Å². The fraction of sp³-hybridized carbons (Fsp3) is 0.200. The molecular formula is C15H15N3O4. The maximum atomic E-state index is 12.6. The van der Waals surface area contributed by atoms with Gasteiger partial charge < -0.3 is 14.5 Å². The largest absolute Gasteiger partial charge is 0.465 e. The average molecular weight is 301 g/mol. The molecular weight excluding hydrogens is 286 g/mol. The topological polar surface area (TPSA) is 83.8 Å². The molecule has 3 rings (SSSR count). The number of nitrogens with one attached hydrogen (secondary N) is 2. The molecule has 0 aliphatic carbocycles. The molecule has 1 aromatic heterocycles. The number of carbonyl (C=O) groups is 2. The molecule has 114 valence electrons. The second-order valence-corrected chi connectivity index (χ2v) is 4.62. The number of benzene rings is 1. The molecule has 2 heterocycles. The SMILES string of the molecule is CCOC(=O)NN1C(=O)c2ccccc2N[C@@H]1c1ccco1. The molecule has 1 aromatic carbocycles. The summed E-state index contributed by atoms with van der Waals surface area (Å²) in [4.78, 5) is 24.3. The minimum Gasteiger partial charge on any atom is -0.465 e. The first-order valence-electron chi connectivity index (χ1n) is 6.86. The molecule has 0 radical (unpaired) electrons. The van der Waals surface area contributed by atoms with Crippen LogP contribution in [0.4, 0.5) is 10.5 Å². The average Bonchev–Trinajstić information content (AvgIpc) is 3.04. The van der Waals surface area contributed by atoms with Crippen LogP contribution in [0, 0.1) is 0 Å². The van der Waals surface area contributed by atoms with Crippen molar-refractivity contribution >= 4 is 17.7 Å². The van der Waals surface area contributed by atoms with E-state index in [4.69, 9.17) is 9.15 Å². The number of amides is 2. The quantitative estimate of drug-likeness (QED) is 0.910. The number of anilines is 1. The first-order chi connectivity index (χ1) is 10.7. The fourth-order valence-electron chi connectivity index (χ4n) is 2.28. The molecule has 0 saturated heterocycles. The second kappa shape index (κ2) is 5.80. The van der Waals surface area contributed by atoms with Gasteiger partial charge in [-0.1, -0.05) is 12.1 Å². The van der Waals surface area contributed by atoms with Gasteiger partial charge in [0.05, 0.1) is 18.4 Å². The van der Waals surface area contributed by atoms with Gasteiger partial charge in [-0.3, -0.25) is 4.79 Å². The van der Waals surface area contributed by atoms with Gasteiger partial charge in [-0.2, -0.15) is 0 Å². The first kappa shape index (κ1) is 14.0. The minimum atomic E-state index is -0.700. The summed E-state index contributed by atoms with van der Waals surface area (Å²) in [6, 6.07) is 10.5. The monoisotopic (exact) mass is 301 g/mol.